The fourth-order valence-corrected chi connectivity index (χ4v) is 6.39. The number of H-pyrrole nitrogens is 1. The van der Waals surface area contributed by atoms with Crippen LogP contribution in [0.5, 0.6) is 17.2 Å². The number of aromatic amines is 1. The summed E-state index contributed by atoms with van der Waals surface area (Å²) in [6.45, 7) is 8.74. The van der Waals surface area contributed by atoms with Crippen molar-refractivity contribution >= 4 is 11.6 Å². The van der Waals surface area contributed by atoms with Crippen molar-refractivity contribution in [3.8, 4) is 34.4 Å². The summed E-state index contributed by atoms with van der Waals surface area (Å²) in [6.07, 6.45) is 4.73. The lowest BCUT2D eigenvalue weighted by Crippen LogP contribution is -2.24. The standard InChI is InChI=1S/C38H41ClN8O4/c1-25-29(6-3-7-32(25)33-8-4-9-35(26(33)2)49-13-5-11-47-12-10-31(48)22-47)24-51-37-16-36(50-23-28-14-27(17-40)18-41-19-28)30(15-34(37)39)20-42-21-38-43-45-46-44-38/h3-4,6-9,14-16,18-19,31,42,48H,5,10-13,20-24H2,1-2H3,(H,43,44,45,46)/t31-/m1/s1. The van der Waals surface area contributed by atoms with Crippen molar-refractivity contribution in [1.29, 1.82) is 5.26 Å². The van der Waals surface area contributed by atoms with E-state index in [0.717, 1.165) is 77.2 Å². The maximum Gasteiger partial charge on any atom is 0.188 e. The maximum absolute atomic E-state index is 9.79. The number of hydrogen-bond donors (Lipinski definition) is 3. The number of aliphatic hydroxyl groups is 1. The lowest BCUT2D eigenvalue weighted by atomic mass is 9.93. The van der Waals surface area contributed by atoms with Gasteiger partial charge < -0.3 is 29.5 Å². The van der Waals surface area contributed by atoms with Crippen molar-refractivity contribution in [2.24, 2.45) is 0 Å². The Morgan fingerprint density at radius 2 is 1.78 bits per heavy atom. The van der Waals surface area contributed by atoms with Crippen LogP contribution in [0, 0.1) is 25.2 Å². The monoisotopic (exact) mass is 708 g/mol. The SMILES string of the molecule is Cc1c(COc2cc(OCc3cncc(C#N)c3)c(CNCc3nn[nH]n3)cc2Cl)cccc1-c1cccc(OCCCN2CC[C@@H](O)C2)c1C. The van der Waals surface area contributed by atoms with Gasteiger partial charge in [-0.05, 0) is 72.7 Å². The first kappa shape index (κ1) is 35.8. The zero-order chi connectivity index (χ0) is 35.6. The molecule has 1 fully saturated rings. The van der Waals surface area contributed by atoms with Gasteiger partial charge in [0.05, 0.1) is 29.8 Å². The van der Waals surface area contributed by atoms with Crippen LogP contribution < -0.4 is 19.5 Å². The molecule has 3 aromatic carbocycles. The van der Waals surface area contributed by atoms with Crippen LogP contribution in [0.15, 0.2) is 67.0 Å². The number of β-amino-alcohol motifs (C(OH)–C–C–N with tert-alkyl or cyclic N) is 1. The number of hydrogen-bond acceptors (Lipinski definition) is 11. The fraction of sp³-hybridized carbons (Fsp3) is 0.342. The van der Waals surface area contributed by atoms with E-state index in [1.165, 1.54) is 6.20 Å². The summed E-state index contributed by atoms with van der Waals surface area (Å²) >= 11 is 6.78. The van der Waals surface area contributed by atoms with Gasteiger partial charge in [-0.2, -0.15) is 10.5 Å². The molecule has 5 aromatic rings. The molecule has 3 heterocycles. The third-order valence-electron chi connectivity index (χ3n) is 8.95. The van der Waals surface area contributed by atoms with Crippen LogP contribution in [0.4, 0.5) is 0 Å². The van der Waals surface area contributed by atoms with Gasteiger partial charge in [0, 0.05) is 55.8 Å². The molecule has 0 amide bonds. The number of ether oxygens (including phenoxy) is 3. The Hall–Kier alpha value is -5.06. The van der Waals surface area contributed by atoms with E-state index in [1.807, 2.05) is 24.3 Å². The summed E-state index contributed by atoms with van der Waals surface area (Å²) in [5.74, 6) is 2.46. The minimum absolute atomic E-state index is 0.202. The topological polar surface area (TPSA) is 154 Å². The fourth-order valence-electron chi connectivity index (χ4n) is 6.15. The van der Waals surface area contributed by atoms with Crippen LogP contribution in [0.25, 0.3) is 11.1 Å². The highest BCUT2D eigenvalue weighted by Crippen LogP contribution is 2.36. The molecule has 0 bridgehead atoms. The van der Waals surface area contributed by atoms with Crippen LogP contribution in [0.2, 0.25) is 5.02 Å². The van der Waals surface area contributed by atoms with Crippen LogP contribution in [-0.2, 0) is 26.3 Å². The van der Waals surface area contributed by atoms with E-state index >= 15 is 0 Å². The van der Waals surface area contributed by atoms with Crippen molar-refractivity contribution < 1.29 is 19.3 Å². The predicted octanol–water partition coefficient (Wildman–Crippen LogP) is 5.69. The summed E-state index contributed by atoms with van der Waals surface area (Å²) < 4.78 is 18.8. The molecule has 0 radical (unpaired) electrons. The Kier molecular flexibility index (Phi) is 12.1. The number of aliphatic hydroxyl groups excluding tert-OH is 1. The van der Waals surface area contributed by atoms with E-state index in [-0.39, 0.29) is 12.7 Å². The van der Waals surface area contributed by atoms with Crippen LogP contribution in [0.1, 0.15) is 52.0 Å². The first-order valence-electron chi connectivity index (χ1n) is 16.9. The molecule has 0 saturated carbocycles. The average Bonchev–Trinajstić information content (AvgIpc) is 3.82. The molecule has 1 atom stereocenters. The molecular formula is C38H41ClN8O4. The normalized spacial score (nSPS) is 14.4. The molecule has 3 N–H and O–H groups in total. The second-order valence-electron chi connectivity index (χ2n) is 12.6. The van der Waals surface area contributed by atoms with Gasteiger partial charge in [0.2, 0.25) is 0 Å². The molecule has 1 aliphatic heterocycles. The third-order valence-corrected chi connectivity index (χ3v) is 9.24. The number of benzene rings is 3. The zero-order valence-electron chi connectivity index (χ0n) is 28.7. The molecule has 51 heavy (non-hydrogen) atoms. The Labute approximate surface area is 302 Å². The van der Waals surface area contributed by atoms with Crippen molar-refractivity contribution in [2.75, 3.05) is 26.2 Å². The molecule has 12 nitrogen and oxygen atoms in total. The van der Waals surface area contributed by atoms with Crippen LogP contribution in [0.3, 0.4) is 0 Å². The van der Waals surface area contributed by atoms with Gasteiger partial charge in [-0.3, -0.25) is 4.98 Å². The van der Waals surface area contributed by atoms with E-state index in [4.69, 9.17) is 25.8 Å². The minimum Gasteiger partial charge on any atom is -0.493 e. The summed E-state index contributed by atoms with van der Waals surface area (Å²) in [7, 11) is 0. The molecule has 13 heteroatoms. The molecule has 2 aromatic heterocycles. The second-order valence-corrected chi connectivity index (χ2v) is 13.0. The van der Waals surface area contributed by atoms with Crippen molar-refractivity contribution in [1.82, 2.24) is 35.8 Å². The van der Waals surface area contributed by atoms with Gasteiger partial charge in [-0.25, -0.2) is 0 Å². The number of halogens is 1. The lowest BCUT2D eigenvalue weighted by Gasteiger charge is -2.19. The number of likely N-dealkylation sites (tertiary alicyclic amines) is 1. The number of pyridine rings is 1. The third kappa shape index (κ3) is 9.39. The summed E-state index contributed by atoms with van der Waals surface area (Å²) in [6, 6.07) is 19.9. The van der Waals surface area contributed by atoms with Crippen LogP contribution >= 0.6 is 11.6 Å². The summed E-state index contributed by atoms with van der Waals surface area (Å²) in [5, 5.41) is 36.8. The smallest absolute Gasteiger partial charge is 0.188 e. The molecule has 0 aliphatic carbocycles. The molecule has 6 rings (SSSR count). The van der Waals surface area contributed by atoms with Crippen LogP contribution in [-0.4, -0.2) is 68.0 Å². The zero-order valence-corrected chi connectivity index (χ0v) is 29.5. The van der Waals surface area contributed by atoms with Crippen molar-refractivity contribution in [3.05, 3.63) is 111 Å². The van der Waals surface area contributed by atoms with E-state index < -0.39 is 0 Å². The Bertz CT molecular complexity index is 1970. The van der Waals surface area contributed by atoms with Gasteiger partial charge in [-0.1, -0.05) is 47.1 Å². The largest absolute Gasteiger partial charge is 0.493 e. The minimum atomic E-state index is -0.204. The molecule has 1 saturated heterocycles. The van der Waals surface area contributed by atoms with Crippen molar-refractivity contribution in [3.63, 3.8) is 0 Å². The van der Waals surface area contributed by atoms with E-state index in [1.54, 1.807) is 18.3 Å². The number of tetrazole rings is 1. The highest BCUT2D eigenvalue weighted by atomic mass is 35.5. The lowest BCUT2D eigenvalue weighted by molar-refractivity contribution is 0.173. The van der Waals surface area contributed by atoms with Crippen molar-refractivity contribution in [2.45, 2.75) is 59.1 Å². The number of nitriles is 1. The molecule has 1 aliphatic rings. The Morgan fingerprint density at radius 1 is 0.961 bits per heavy atom. The van der Waals surface area contributed by atoms with E-state index in [9.17, 15) is 10.4 Å². The number of aromatic nitrogens is 5. The van der Waals surface area contributed by atoms with Gasteiger partial charge in [0.25, 0.3) is 0 Å². The molecular weight excluding hydrogens is 668 g/mol. The highest BCUT2D eigenvalue weighted by Gasteiger charge is 2.20. The Morgan fingerprint density at radius 3 is 2.57 bits per heavy atom. The molecule has 0 unspecified atom stereocenters. The van der Waals surface area contributed by atoms with Gasteiger partial charge in [-0.15, -0.1) is 10.2 Å². The number of nitrogens with zero attached hydrogens (tertiary/aromatic N) is 6. The summed E-state index contributed by atoms with van der Waals surface area (Å²) in [4.78, 5) is 6.43. The highest BCUT2D eigenvalue weighted by molar-refractivity contribution is 6.32. The quantitative estimate of drug-likeness (QED) is 0.108. The predicted molar refractivity (Wildman–Crippen MR) is 192 cm³/mol. The van der Waals surface area contributed by atoms with Gasteiger partial charge >= 0.3 is 0 Å². The maximum atomic E-state index is 9.79. The second kappa shape index (κ2) is 17.2. The molecule has 264 valence electrons. The number of nitrogens with one attached hydrogen (secondary N) is 2. The van der Waals surface area contributed by atoms with E-state index in [2.05, 4.69) is 73.9 Å². The first-order valence-corrected chi connectivity index (χ1v) is 17.3. The molecule has 0 spiro atoms. The Balaban J connectivity index is 1.15. The van der Waals surface area contributed by atoms with E-state index in [0.29, 0.717) is 54.2 Å². The average molecular weight is 709 g/mol. The van der Waals surface area contributed by atoms with Gasteiger partial charge in [0.15, 0.2) is 5.82 Å². The number of rotatable bonds is 16. The first-order chi connectivity index (χ1) is 24.9. The van der Waals surface area contributed by atoms with Gasteiger partial charge in [0.1, 0.15) is 36.5 Å². The summed E-state index contributed by atoms with van der Waals surface area (Å²) in [5.41, 5.74) is 7.45.